The molecule has 1 aromatic carbocycles. The number of guanidine groups is 1. The number of benzene rings is 1. The summed E-state index contributed by atoms with van der Waals surface area (Å²) in [7, 11) is 3.58. The molecule has 122 valence electrons. The van der Waals surface area contributed by atoms with E-state index in [1.807, 2.05) is 19.2 Å². The SMILES string of the molecule is CN=C(NC1CC1C)NC1CC1(C)c1ccccc1OC.I. The number of rotatable bonds is 4. The molecule has 4 unspecified atom stereocenters. The highest BCUT2D eigenvalue weighted by Gasteiger charge is 2.53. The number of ether oxygens (including phenoxy) is 1. The standard InChI is InChI=1S/C17H25N3O.HI/c1-11-9-13(11)19-16(18-3)20-15-10-17(15,2)12-7-5-6-8-14(12)21-4;/h5-8,11,13,15H,9-10H2,1-4H3,(H2,18,19,20);1H. The summed E-state index contributed by atoms with van der Waals surface area (Å²) in [6, 6.07) is 9.30. The van der Waals surface area contributed by atoms with E-state index in [0.717, 1.165) is 24.0 Å². The smallest absolute Gasteiger partial charge is 0.191 e. The number of hydrogen-bond acceptors (Lipinski definition) is 2. The van der Waals surface area contributed by atoms with Crippen molar-refractivity contribution in [2.75, 3.05) is 14.2 Å². The van der Waals surface area contributed by atoms with Gasteiger partial charge in [-0.2, -0.15) is 0 Å². The predicted octanol–water partition coefficient (Wildman–Crippen LogP) is 2.92. The first-order valence-corrected chi connectivity index (χ1v) is 7.72. The van der Waals surface area contributed by atoms with Crippen molar-refractivity contribution in [2.24, 2.45) is 10.9 Å². The third kappa shape index (κ3) is 3.34. The molecule has 0 heterocycles. The fourth-order valence-electron chi connectivity index (χ4n) is 3.02. The fraction of sp³-hybridized carbons (Fsp3) is 0.588. The zero-order chi connectivity index (χ0) is 15.0. The van der Waals surface area contributed by atoms with Crippen molar-refractivity contribution >= 4 is 29.9 Å². The van der Waals surface area contributed by atoms with Crippen molar-refractivity contribution in [3.63, 3.8) is 0 Å². The van der Waals surface area contributed by atoms with Gasteiger partial charge < -0.3 is 15.4 Å². The van der Waals surface area contributed by atoms with Gasteiger partial charge in [-0.1, -0.05) is 32.0 Å². The number of para-hydroxylation sites is 1. The van der Waals surface area contributed by atoms with Gasteiger partial charge in [-0.05, 0) is 24.8 Å². The highest BCUT2D eigenvalue weighted by atomic mass is 127. The molecule has 4 nitrogen and oxygen atoms in total. The first kappa shape index (κ1) is 17.4. The van der Waals surface area contributed by atoms with Crippen LogP contribution >= 0.6 is 24.0 Å². The second-order valence-electron chi connectivity index (χ2n) is 6.55. The van der Waals surface area contributed by atoms with E-state index in [0.29, 0.717) is 12.1 Å². The quantitative estimate of drug-likeness (QED) is 0.452. The van der Waals surface area contributed by atoms with E-state index < -0.39 is 0 Å². The van der Waals surface area contributed by atoms with Crippen LogP contribution in [0.5, 0.6) is 5.75 Å². The fourth-order valence-corrected chi connectivity index (χ4v) is 3.02. The van der Waals surface area contributed by atoms with E-state index in [-0.39, 0.29) is 29.4 Å². The summed E-state index contributed by atoms with van der Waals surface area (Å²) in [6.45, 7) is 4.55. The third-order valence-electron chi connectivity index (χ3n) is 4.93. The molecular formula is C17H26IN3O. The minimum atomic E-state index is 0. The summed E-state index contributed by atoms with van der Waals surface area (Å²) in [4.78, 5) is 4.35. The van der Waals surface area contributed by atoms with Crippen molar-refractivity contribution in [3.8, 4) is 5.75 Å². The lowest BCUT2D eigenvalue weighted by Gasteiger charge is -2.18. The number of hydrogen-bond donors (Lipinski definition) is 2. The topological polar surface area (TPSA) is 45.7 Å². The van der Waals surface area contributed by atoms with Crippen LogP contribution in [0.15, 0.2) is 29.3 Å². The molecule has 2 fully saturated rings. The van der Waals surface area contributed by atoms with Gasteiger partial charge in [0, 0.05) is 30.1 Å². The molecule has 2 N–H and O–H groups in total. The maximum atomic E-state index is 5.51. The zero-order valence-corrected chi connectivity index (χ0v) is 16.0. The molecule has 0 aliphatic heterocycles. The molecule has 4 atom stereocenters. The van der Waals surface area contributed by atoms with Gasteiger partial charge in [-0.15, -0.1) is 24.0 Å². The molecular weight excluding hydrogens is 389 g/mol. The van der Waals surface area contributed by atoms with Crippen LogP contribution in [0.2, 0.25) is 0 Å². The minimum Gasteiger partial charge on any atom is -0.496 e. The summed E-state index contributed by atoms with van der Waals surface area (Å²) in [5.74, 6) is 2.67. The molecule has 2 aliphatic rings. The molecule has 0 radical (unpaired) electrons. The van der Waals surface area contributed by atoms with Crippen LogP contribution in [0.3, 0.4) is 0 Å². The van der Waals surface area contributed by atoms with Gasteiger partial charge >= 0.3 is 0 Å². The molecule has 0 spiro atoms. The van der Waals surface area contributed by atoms with Gasteiger partial charge in [0.25, 0.3) is 0 Å². The molecule has 3 rings (SSSR count). The highest BCUT2D eigenvalue weighted by molar-refractivity contribution is 14.0. The van der Waals surface area contributed by atoms with E-state index in [1.54, 1.807) is 7.11 Å². The van der Waals surface area contributed by atoms with Crippen LogP contribution in [-0.4, -0.2) is 32.2 Å². The number of nitrogens with one attached hydrogen (secondary N) is 2. The van der Waals surface area contributed by atoms with Crippen LogP contribution in [0, 0.1) is 5.92 Å². The minimum absolute atomic E-state index is 0. The largest absolute Gasteiger partial charge is 0.496 e. The van der Waals surface area contributed by atoms with Gasteiger partial charge in [-0.3, -0.25) is 4.99 Å². The molecule has 0 aromatic heterocycles. The van der Waals surface area contributed by atoms with Crippen LogP contribution < -0.4 is 15.4 Å². The van der Waals surface area contributed by atoms with Crippen molar-refractivity contribution in [1.82, 2.24) is 10.6 Å². The average Bonchev–Trinajstić information content (AvgIpc) is 3.37. The Labute approximate surface area is 150 Å². The lowest BCUT2D eigenvalue weighted by atomic mass is 9.96. The summed E-state index contributed by atoms with van der Waals surface area (Å²) >= 11 is 0. The zero-order valence-electron chi connectivity index (χ0n) is 13.7. The average molecular weight is 415 g/mol. The van der Waals surface area contributed by atoms with Crippen molar-refractivity contribution < 1.29 is 4.74 Å². The van der Waals surface area contributed by atoms with E-state index in [9.17, 15) is 0 Å². The molecule has 5 heteroatoms. The van der Waals surface area contributed by atoms with E-state index in [4.69, 9.17) is 4.74 Å². The highest BCUT2D eigenvalue weighted by Crippen LogP contribution is 2.51. The maximum absolute atomic E-state index is 5.51. The molecule has 0 bridgehead atoms. The Morgan fingerprint density at radius 2 is 2.00 bits per heavy atom. The Hall–Kier alpha value is -0.980. The molecule has 2 saturated carbocycles. The predicted molar refractivity (Wildman–Crippen MR) is 101 cm³/mol. The Kier molecular flexibility index (Phi) is 5.25. The van der Waals surface area contributed by atoms with Gasteiger partial charge in [0.2, 0.25) is 0 Å². The Morgan fingerprint density at radius 1 is 1.32 bits per heavy atom. The van der Waals surface area contributed by atoms with Gasteiger partial charge in [0.05, 0.1) is 7.11 Å². The summed E-state index contributed by atoms with van der Waals surface area (Å²) in [6.07, 6.45) is 2.35. The normalized spacial score (nSPS) is 32.7. The van der Waals surface area contributed by atoms with Crippen LogP contribution in [-0.2, 0) is 5.41 Å². The Balaban J connectivity index is 0.00000176. The molecule has 0 saturated heterocycles. The third-order valence-corrected chi connectivity index (χ3v) is 4.93. The van der Waals surface area contributed by atoms with Crippen molar-refractivity contribution in [1.29, 1.82) is 0 Å². The molecule has 0 amide bonds. The van der Waals surface area contributed by atoms with Crippen LogP contribution in [0.25, 0.3) is 0 Å². The molecule has 22 heavy (non-hydrogen) atoms. The van der Waals surface area contributed by atoms with E-state index >= 15 is 0 Å². The van der Waals surface area contributed by atoms with Crippen LogP contribution in [0.4, 0.5) is 0 Å². The van der Waals surface area contributed by atoms with Gasteiger partial charge in [-0.25, -0.2) is 0 Å². The van der Waals surface area contributed by atoms with Crippen LogP contribution in [0.1, 0.15) is 32.3 Å². The summed E-state index contributed by atoms with van der Waals surface area (Å²) in [5, 5.41) is 7.04. The summed E-state index contributed by atoms with van der Waals surface area (Å²) < 4.78 is 5.51. The first-order chi connectivity index (χ1) is 10.1. The number of halogens is 1. The Morgan fingerprint density at radius 3 is 2.59 bits per heavy atom. The molecule has 1 aromatic rings. The Bertz CT molecular complexity index is 563. The lowest BCUT2D eigenvalue weighted by Crippen LogP contribution is -2.42. The van der Waals surface area contributed by atoms with Crippen molar-refractivity contribution in [3.05, 3.63) is 29.8 Å². The maximum Gasteiger partial charge on any atom is 0.191 e. The second-order valence-corrected chi connectivity index (χ2v) is 6.55. The van der Waals surface area contributed by atoms with E-state index in [1.165, 1.54) is 12.0 Å². The van der Waals surface area contributed by atoms with E-state index in [2.05, 4.69) is 41.6 Å². The van der Waals surface area contributed by atoms with Gasteiger partial charge in [0.1, 0.15) is 5.75 Å². The second kappa shape index (κ2) is 6.64. The molecule has 2 aliphatic carbocycles. The van der Waals surface area contributed by atoms with Crippen molar-refractivity contribution in [2.45, 2.75) is 44.2 Å². The monoisotopic (exact) mass is 415 g/mol. The lowest BCUT2D eigenvalue weighted by molar-refractivity contribution is 0.404. The summed E-state index contributed by atoms with van der Waals surface area (Å²) in [5.41, 5.74) is 1.40. The van der Waals surface area contributed by atoms with Gasteiger partial charge in [0.15, 0.2) is 5.96 Å². The number of methoxy groups -OCH3 is 1. The first-order valence-electron chi connectivity index (χ1n) is 7.72. The number of nitrogens with zero attached hydrogens (tertiary/aromatic N) is 1. The number of aliphatic imine (C=N–C) groups is 1.